The maximum absolute atomic E-state index is 13.0. The maximum atomic E-state index is 13.0. The van der Waals surface area contributed by atoms with Gasteiger partial charge in [0, 0.05) is 17.7 Å². The summed E-state index contributed by atoms with van der Waals surface area (Å²) in [5.74, 6) is 0.762. The van der Waals surface area contributed by atoms with E-state index >= 15 is 0 Å². The summed E-state index contributed by atoms with van der Waals surface area (Å²) in [5.41, 5.74) is 0.464. The van der Waals surface area contributed by atoms with Crippen LogP contribution in [0.3, 0.4) is 0 Å². The van der Waals surface area contributed by atoms with Crippen LogP contribution in [0.1, 0.15) is 25.0 Å². The van der Waals surface area contributed by atoms with Gasteiger partial charge in [-0.15, -0.1) is 0 Å². The highest BCUT2D eigenvalue weighted by Crippen LogP contribution is 2.32. The van der Waals surface area contributed by atoms with E-state index in [0.717, 1.165) is 5.56 Å². The van der Waals surface area contributed by atoms with Gasteiger partial charge in [0.05, 0.1) is 12.7 Å². The van der Waals surface area contributed by atoms with E-state index in [0.29, 0.717) is 35.7 Å². The van der Waals surface area contributed by atoms with Crippen LogP contribution < -0.4 is 15.7 Å². The van der Waals surface area contributed by atoms with Gasteiger partial charge in [-0.1, -0.05) is 12.1 Å². The van der Waals surface area contributed by atoms with Gasteiger partial charge in [0.2, 0.25) is 5.95 Å². The predicted octanol–water partition coefficient (Wildman–Crippen LogP) is 2.86. The van der Waals surface area contributed by atoms with Crippen LogP contribution in [0, 0.1) is 5.82 Å². The fraction of sp³-hybridized carbons (Fsp3) is 0.286. The average molecular weight is 398 g/mol. The van der Waals surface area contributed by atoms with Crippen molar-refractivity contribution in [3.63, 3.8) is 0 Å². The molecule has 1 heterocycles. The summed E-state index contributed by atoms with van der Waals surface area (Å²) >= 11 is 0. The highest BCUT2D eigenvalue weighted by Gasteiger charge is 2.22. The van der Waals surface area contributed by atoms with E-state index in [1.54, 1.807) is 44.2 Å². The fourth-order valence-electron chi connectivity index (χ4n) is 2.90. The molecule has 0 fully saturated rings. The summed E-state index contributed by atoms with van der Waals surface area (Å²) in [6.07, 6.45) is 0.622. The van der Waals surface area contributed by atoms with Gasteiger partial charge in [-0.2, -0.15) is 9.97 Å². The number of nitrogens with zero attached hydrogens (tertiary/aromatic N) is 2. The minimum Gasteiger partial charge on any atom is -0.496 e. The number of ether oxygens (including phenoxy) is 1. The number of H-pyrrole nitrogens is 1. The topological polar surface area (TPSA) is 100 Å². The quantitative estimate of drug-likeness (QED) is 0.566. The molecule has 0 saturated carbocycles. The number of benzene rings is 2. The number of rotatable bonds is 7. The number of anilines is 1. The molecule has 3 rings (SSSR count). The van der Waals surface area contributed by atoms with Crippen molar-refractivity contribution in [2.75, 3.05) is 19.0 Å². The van der Waals surface area contributed by atoms with Crippen LogP contribution >= 0.6 is 0 Å². The van der Waals surface area contributed by atoms with E-state index in [9.17, 15) is 14.3 Å². The molecule has 0 aliphatic rings. The molecule has 0 radical (unpaired) electrons. The minimum atomic E-state index is -1.13. The lowest BCUT2D eigenvalue weighted by Crippen LogP contribution is -2.19. The Morgan fingerprint density at radius 3 is 2.55 bits per heavy atom. The summed E-state index contributed by atoms with van der Waals surface area (Å²) in [6, 6.07) is 11.4. The lowest BCUT2D eigenvalue weighted by atomic mass is 9.95. The van der Waals surface area contributed by atoms with Gasteiger partial charge in [0.1, 0.15) is 17.4 Å². The van der Waals surface area contributed by atoms with E-state index in [1.165, 1.54) is 19.2 Å². The Morgan fingerprint density at radius 2 is 1.90 bits per heavy atom. The second-order valence-corrected chi connectivity index (χ2v) is 7.10. The second kappa shape index (κ2) is 8.40. The van der Waals surface area contributed by atoms with Crippen LogP contribution in [0.25, 0.3) is 11.4 Å². The maximum Gasteiger partial charge on any atom is 0.349 e. The third-order valence-electron chi connectivity index (χ3n) is 4.39. The smallest absolute Gasteiger partial charge is 0.349 e. The fourth-order valence-corrected chi connectivity index (χ4v) is 2.90. The molecule has 0 aliphatic carbocycles. The number of aliphatic hydroxyl groups is 1. The number of aromatic nitrogens is 3. The molecule has 3 N–H and O–H groups in total. The molecule has 0 amide bonds. The first kappa shape index (κ1) is 20.5. The number of nitrogens with one attached hydrogen (secondary N) is 2. The summed E-state index contributed by atoms with van der Waals surface area (Å²) < 4.78 is 18.3. The van der Waals surface area contributed by atoms with Crippen molar-refractivity contribution in [2.45, 2.75) is 25.9 Å². The van der Waals surface area contributed by atoms with Gasteiger partial charge in [-0.3, -0.25) is 4.98 Å². The molecule has 3 aromatic rings. The van der Waals surface area contributed by atoms with Crippen LogP contribution in [-0.2, 0) is 12.0 Å². The van der Waals surface area contributed by atoms with E-state index in [-0.39, 0.29) is 11.8 Å². The number of hydrogen-bond donors (Lipinski definition) is 3. The van der Waals surface area contributed by atoms with E-state index in [1.807, 2.05) is 0 Å². The highest BCUT2D eigenvalue weighted by molar-refractivity contribution is 5.60. The number of methoxy groups -OCH3 is 1. The lowest BCUT2D eigenvalue weighted by Gasteiger charge is -2.21. The van der Waals surface area contributed by atoms with Gasteiger partial charge in [0.15, 0.2) is 0 Å². The zero-order chi connectivity index (χ0) is 21.0. The zero-order valence-corrected chi connectivity index (χ0v) is 16.5. The Labute approximate surface area is 167 Å². The zero-order valence-electron chi connectivity index (χ0n) is 16.5. The van der Waals surface area contributed by atoms with Crippen LogP contribution in [0.2, 0.25) is 0 Å². The van der Waals surface area contributed by atoms with Crippen LogP contribution in [0.15, 0.2) is 47.3 Å². The Bertz CT molecular complexity index is 1040. The van der Waals surface area contributed by atoms with Crippen molar-refractivity contribution < 1.29 is 14.2 Å². The average Bonchev–Trinajstić information content (AvgIpc) is 2.68. The first-order chi connectivity index (χ1) is 13.8. The molecular formula is C21H23FN4O3. The SMILES string of the molecule is COc1ccc(-c2nc(NCCc3ccc(F)cc3)nc(=O)[nH]2)cc1C(C)(C)O. The monoisotopic (exact) mass is 398 g/mol. The first-order valence-electron chi connectivity index (χ1n) is 9.14. The summed E-state index contributed by atoms with van der Waals surface area (Å²) in [7, 11) is 1.53. The van der Waals surface area contributed by atoms with E-state index < -0.39 is 11.3 Å². The van der Waals surface area contributed by atoms with E-state index in [4.69, 9.17) is 4.74 Å². The van der Waals surface area contributed by atoms with Crippen LogP contribution in [-0.4, -0.2) is 33.7 Å². The molecule has 0 spiro atoms. The highest BCUT2D eigenvalue weighted by atomic mass is 19.1. The van der Waals surface area contributed by atoms with E-state index in [2.05, 4.69) is 20.3 Å². The number of aromatic amines is 1. The number of halogens is 1. The normalized spacial score (nSPS) is 11.3. The molecule has 29 heavy (non-hydrogen) atoms. The minimum absolute atomic E-state index is 0.187. The molecular weight excluding hydrogens is 375 g/mol. The molecule has 152 valence electrons. The van der Waals surface area contributed by atoms with Crippen molar-refractivity contribution >= 4 is 5.95 Å². The Kier molecular flexibility index (Phi) is 5.93. The summed E-state index contributed by atoms with van der Waals surface area (Å²) in [4.78, 5) is 22.8. The molecule has 0 saturated heterocycles. The molecule has 1 aromatic heterocycles. The van der Waals surface area contributed by atoms with Crippen LogP contribution in [0.5, 0.6) is 5.75 Å². The van der Waals surface area contributed by atoms with Gasteiger partial charge < -0.3 is 15.2 Å². The Balaban J connectivity index is 1.82. The van der Waals surface area contributed by atoms with Gasteiger partial charge in [0.25, 0.3) is 0 Å². The molecule has 0 bridgehead atoms. The Morgan fingerprint density at radius 1 is 1.17 bits per heavy atom. The largest absolute Gasteiger partial charge is 0.496 e. The van der Waals surface area contributed by atoms with Gasteiger partial charge >= 0.3 is 5.69 Å². The first-order valence-corrected chi connectivity index (χ1v) is 9.14. The lowest BCUT2D eigenvalue weighted by molar-refractivity contribution is 0.0757. The van der Waals surface area contributed by atoms with Crippen molar-refractivity contribution in [2.24, 2.45) is 0 Å². The molecule has 0 unspecified atom stereocenters. The molecule has 8 heteroatoms. The standard InChI is InChI=1S/C21H23FN4O3/c1-21(2,28)16-12-14(6-9-17(16)29-3)18-24-19(26-20(27)25-18)23-11-10-13-4-7-15(22)8-5-13/h4-9,12,28H,10-11H2,1-3H3,(H2,23,24,25,26,27). The van der Waals surface area contributed by atoms with Gasteiger partial charge in [-0.25, -0.2) is 9.18 Å². The third kappa shape index (κ3) is 5.17. The van der Waals surface area contributed by atoms with Gasteiger partial charge in [-0.05, 0) is 56.2 Å². The van der Waals surface area contributed by atoms with Crippen LogP contribution in [0.4, 0.5) is 10.3 Å². The second-order valence-electron chi connectivity index (χ2n) is 7.10. The third-order valence-corrected chi connectivity index (χ3v) is 4.39. The molecule has 7 nitrogen and oxygen atoms in total. The molecule has 0 aliphatic heterocycles. The van der Waals surface area contributed by atoms with Crippen molar-refractivity contribution in [3.05, 3.63) is 69.9 Å². The Hall–Kier alpha value is -3.26. The molecule has 0 atom stereocenters. The molecule has 2 aromatic carbocycles. The van der Waals surface area contributed by atoms with Crippen molar-refractivity contribution in [1.29, 1.82) is 0 Å². The summed E-state index contributed by atoms with van der Waals surface area (Å²) in [6.45, 7) is 3.78. The predicted molar refractivity (Wildman–Crippen MR) is 108 cm³/mol. The van der Waals surface area contributed by atoms with Crippen molar-refractivity contribution in [3.8, 4) is 17.1 Å². The number of hydrogen-bond acceptors (Lipinski definition) is 6. The summed E-state index contributed by atoms with van der Waals surface area (Å²) in [5, 5.41) is 13.4. The van der Waals surface area contributed by atoms with Crippen molar-refractivity contribution in [1.82, 2.24) is 15.0 Å².